The van der Waals surface area contributed by atoms with Crippen molar-refractivity contribution in [3.8, 4) is 23.0 Å². The van der Waals surface area contributed by atoms with Gasteiger partial charge in [-0.25, -0.2) is 22.8 Å². The van der Waals surface area contributed by atoms with E-state index in [-0.39, 0.29) is 37.1 Å². The van der Waals surface area contributed by atoms with Crippen molar-refractivity contribution in [2.75, 3.05) is 0 Å². The number of carboxylic acid groups (broad SMARTS) is 3. The smallest absolute Gasteiger partial charge is 0.336 e. The molecule has 12 nitrogen and oxygen atoms in total. The van der Waals surface area contributed by atoms with Gasteiger partial charge in [0.25, 0.3) is 0 Å². The first-order valence-corrected chi connectivity index (χ1v) is 23.3. The molecule has 354 valence electrons. The third-order valence-corrected chi connectivity index (χ3v) is 12.6. The number of benzene rings is 8. The molecule has 8 aromatic rings. The van der Waals surface area contributed by atoms with Crippen molar-refractivity contribution < 1.29 is 57.1 Å². The Morgan fingerprint density at radius 3 is 1.33 bits per heavy atom. The van der Waals surface area contributed by atoms with Crippen molar-refractivity contribution in [2.45, 2.75) is 23.0 Å². The normalized spacial score (nSPS) is 10.6. The van der Waals surface area contributed by atoms with E-state index in [1.54, 1.807) is 18.2 Å². The maximum atomic E-state index is 12.6. The van der Waals surface area contributed by atoms with Crippen molar-refractivity contribution in [3.63, 3.8) is 0 Å². The molecule has 16 heteroatoms. The predicted molar refractivity (Wildman–Crippen MR) is 265 cm³/mol. The van der Waals surface area contributed by atoms with Crippen LogP contribution in [0.3, 0.4) is 0 Å². The topological polar surface area (TPSA) is 191 Å². The van der Waals surface area contributed by atoms with Gasteiger partial charge in [-0.2, -0.15) is 0 Å². The fraction of sp³-hybridized carbons (Fsp3) is 0.0370. The van der Waals surface area contributed by atoms with Crippen LogP contribution < -0.4 is 14.2 Å². The molecule has 0 saturated heterocycles. The van der Waals surface area contributed by atoms with Gasteiger partial charge in [-0.15, -0.1) is 0 Å². The van der Waals surface area contributed by atoms with Crippen LogP contribution in [0.15, 0.2) is 204 Å². The lowest BCUT2D eigenvalue weighted by Gasteiger charge is -2.11. The van der Waals surface area contributed by atoms with Crippen LogP contribution in [-0.4, -0.2) is 47.4 Å². The molecule has 0 aliphatic heterocycles. The summed E-state index contributed by atoms with van der Waals surface area (Å²) in [6, 6.07) is 52.4. The Morgan fingerprint density at radius 2 is 0.857 bits per heavy atom. The number of ketones is 1. The number of carboxylic acids is 3. The highest BCUT2D eigenvalue weighted by Crippen LogP contribution is 2.29. The van der Waals surface area contributed by atoms with Crippen LogP contribution in [0.4, 0.5) is 0 Å². The third-order valence-electron chi connectivity index (χ3n) is 9.80. The summed E-state index contributed by atoms with van der Waals surface area (Å²) in [6.07, 6.45) is 0. The van der Waals surface area contributed by atoms with Crippen LogP contribution in [0.1, 0.15) is 58.1 Å². The van der Waals surface area contributed by atoms with Crippen LogP contribution in [0, 0.1) is 0 Å². The lowest BCUT2D eigenvalue weighted by Crippen LogP contribution is -2.09. The Bertz CT molecular complexity index is 3140. The summed E-state index contributed by atoms with van der Waals surface area (Å²) in [5.41, 5.74) is 2.68. The minimum absolute atomic E-state index is 0.0430. The van der Waals surface area contributed by atoms with E-state index in [9.17, 15) is 32.7 Å². The number of carbonyl (C=O) groups excluding carboxylic acids is 1. The Kier molecular flexibility index (Phi) is 17.9. The number of sulfone groups is 1. The van der Waals surface area contributed by atoms with Crippen molar-refractivity contribution in [1.82, 2.24) is 0 Å². The Labute approximate surface area is 417 Å². The molecule has 8 aromatic carbocycles. The van der Waals surface area contributed by atoms with E-state index < -0.39 is 33.5 Å². The average Bonchev–Trinajstić information content (AvgIpc) is 3.37. The number of hydrogen-bond donors (Lipinski definition) is 3. The number of carbonyl (C=O) groups is 4. The molecule has 0 spiro atoms. The van der Waals surface area contributed by atoms with E-state index >= 15 is 0 Å². The van der Waals surface area contributed by atoms with Gasteiger partial charge in [0.05, 0.1) is 36.5 Å². The van der Waals surface area contributed by atoms with E-state index in [1.807, 2.05) is 60.7 Å². The van der Waals surface area contributed by atoms with E-state index in [4.69, 9.17) is 59.2 Å². The van der Waals surface area contributed by atoms with E-state index in [0.29, 0.717) is 51.8 Å². The zero-order valence-corrected chi connectivity index (χ0v) is 39.5. The first-order chi connectivity index (χ1) is 33.6. The molecule has 0 heterocycles. The van der Waals surface area contributed by atoms with Crippen molar-refractivity contribution >= 4 is 68.3 Å². The standard InChI is InChI=1S/C21H18O4.C19H13ClO5S.C14H8Cl2O3/c22-21(23)18-11-19(24-14-16-7-3-1-4-8-16)13-20(12-18)25-15-17-9-5-2-6-10-17;20-14-3-9-17(10-4-14)26(23,24)18-11-7-16(8-12-18)25-15-5-1-13(2-6-15)19(21)22;15-11-6-5-8(7-12(11)16)13(17)9-3-1-2-4-10(9)14(18)19/h1-13H,14-15H2,(H,22,23);1-12H,(H,21,22);1-7H,(H,18,19). The largest absolute Gasteiger partial charge is 0.489 e. The van der Waals surface area contributed by atoms with Gasteiger partial charge in [-0.05, 0) is 120 Å². The summed E-state index contributed by atoms with van der Waals surface area (Å²) < 4.78 is 42.2. The number of halogens is 3. The molecule has 0 aliphatic rings. The summed E-state index contributed by atoms with van der Waals surface area (Å²) in [7, 11) is -3.64. The maximum absolute atomic E-state index is 12.6. The number of hydrogen-bond acceptors (Lipinski definition) is 9. The van der Waals surface area contributed by atoms with Crippen LogP contribution in [0.5, 0.6) is 23.0 Å². The van der Waals surface area contributed by atoms with Crippen molar-refractivity contribution in [3.05, 3.63) is 248 Å². The number of ether oxygens (including phenoxy) is 3. The van der Waals surface area contributed by atoms with Gasteiger partial charge in [0.1, 0.15) is 36.2 Å². The van der Waals surface area contributed by atoms with Gasteiger partial charge in [0.15, 0.2) is 5.78 Å². The average molecular weight is 1020 g/mol. The number of rotatable bonds is 15. The first-order valence-electron chi connectivity index (χ1n) is 20.7. The van der Waals surface area contributed by atoms with Gasteiger partial charge < -0.3 is 29.5 Å². The fourth-order valence-electron chi connectivity index (χ4n) is 6.24. The summed E-state index contributed by atoms with van der Waals surface area (Å²) in [6.45, 7) is 0.726. The Balaban J connectivity index is 0.000000174. The molecule has 3 N–H and O–H groups in total. The molecular formula is C54H39Cl3O12S. The van der Waals surface area contributed by atoms with Crippen LogP contribution in [-0.2, 0) is 23.1 Å². The summed E-state index contributed by atoms with van der Waals surface area (Å²) in [4.78, 5) is 45.8. The van der Waals surface area contributed by atoms with Crippen molar-refractivity contribution in [1.29, 1.82) is 0 Å². The molecule has 8 rings (SSSR count). The highest BCUT2D eigenvalue weighted by molar-refractivity contribution is 7.91. The zero-order valence-electron chi connectivity index (χ0n) is 36.4. The predicted octanol–water partition coefficient (Wildman–Crippen LogP) is 13.1. The van der Waals surface area contributed by atoms with E-state index in [1.165, 1.54) is 115 Å². The van der Waals surface area contributed by atoms with Gasteiger partial charge in [0, 0.05) is 22.2 Å². The molecule has 0 radical (unpaired) electrons. The molecule has 0 amide bonds. The molecule has 0 unspecified atom stereocenters. The van der Waals surface area contributed by atoms with Crippen LogP contribution in [0.2, 0.25) is 15.1 Å². The Morgan fingerprint density at radius 1 is 0.414 bits per heavy atom. The van der Waals surface area contributed by atoms with E-state index in [0.717, 1.165) is 11.1 Å². The summed E-state index contributed by atoms with van der Waals surface area (Å²) >= 11 is 17.4. The SMILES string of the molecule is O=C(O)c1cc(OCc2ccccc2)cc(OCc2ccccc2)c1.O=C(O)c1ccc(Oc2ccc(S(=O)(=O)c3ccc(Cl)cc3)cc2)cc1.O=C(O)c1ccccc1C(=O)c1ccc(Cl)c(Cl)c1. The molecule has 0 aliphatic carbocycles. The Hall–Kier alpha value is -7.94. The second-order valence-corrected chi connectivity index (χ2v) is 17.9. The van der Waals surface area contributed by atoms with E-state index in [2.05, 4.69) is 0 Å². The molecule has 70 heavy (non-hydrogen) atoms. The molecular weight excluding hydrogens is 979 g/mol. The highest BCUT2D eigenvalue weighted by atomic mass is 35.5. The maximum Gasteiger partial charge on any atom is 0.336 e. The third kappa shape index (κ3) is 14.5. The number of aromatic carboxylic acids is 3. The van der Waals surface area contributed by atoms with Crippen LogP contribution in [0.25, 0.3) is 0 Å². The molecule has 0 fully saturated rings. The summed E-state index contributed by atoms with van der Waals surface area (Å²) in [5.74, 6) is -1.78. The second-order valence-electron chi connectivity index (χ2n) is 14.7. The van der Waals surface area contributed by atoms with Crippen LogP contribution >= 0.6 is 34.8 Å². The van der Waals surface area contributed by atoms with Gasteiger partial charge in [-0.3, -0.25) is 4.79 Å². The minimum Gasteiger partial charge on any atom is -0.489 e. The summed E-state index contributed by atoms with van der Waals surface area (Å²) in [5, 5.41) is 28.3. The molecule has 0 atom stereocenters. The first kappa shape index (κ1) is 51.5. The van der Waals surface area contributed by atoms with Crippen molar-refractivity contribution in [2.24, 2.45) is 0 Å². The second kappa shape index (κ2) is 24.4. The van der Waals surface area contributed by atoms with Gasteiger partial charge >= 0.3 is 17.9 Å². The molecule has 0 aromatic heterocycles. The van der Waals surface area contributed by atoms with Gasteiger partial charge in [-0.1, -0.05) is 114 Å². The quantitative estimate of drug-likeness (QED) is 0.0825. The highest BCUT2D eigenvalue weighted by Gasteiger charge is 2.19. The lowest BCUT2D eigenvalue weighted by molar-refractivity contribution is 0.0684. The molecule has 0 bridgehead atoms. The fourth-order valence-corrected chi connectivity index (χ4v) is 7.93. The zero-order chi connectivity index (χ0) is 50.2. The lowest BCUT2D eigenvalue weighted by atomic mass is 9.98. The monoisotopic (exact) mass is 1020 g/mol. The van der Waals surface area contributed by atoms with Gasteiger partial charge in [0.2, 0.25) is 9.84 Å². The molecule has 0 saturated carbocycles. The minimum atomic E-state index is -3.64.